The first-order valence-electron chi connectivity index (χ1n) is 9.56. The minimum Gasteiger partial charge on any atom is -0.326 e. The fraction of sp³-hybridized carbons (Fsp3) is 0.143. The zero-order valence-corrected chi connectivity index (χ0v) is 18.8. The number of fused-ring (bicyclic) bond motifs is 1. The third kappa shape index (κ3) is 5.04. The van der Waals surface area contributed by atoms with E-state index in [4.69, 9.17) is 11.6 Å². The molecule has 0 saturated heterocycles. The Kier molecular flexibility index (Phi) is 5.81. The van der Waals surface area contributed by atoms with Gasteiger partial charge in [0.2, 0.25) is 11.9 Å². The quantitative estimate of drug-likeness (QED) is 0.446. The summed E-state index contributed by atoms with van der Waals surface area (Å²) in [5, 5.41) is 3.30. The third-order valence-corrected chi connectivity index (χ3v) is 6.03. The summed E-state index contributed by atoms with van der Waals surface area (Å²) in [6, 6.07) is 11.1. The van der Waals surface area contributed by atoms with Crippen LogP contribution in [0.3, 0.4) is 0 Å². The monoisotopic (exact) mass is 470 g/mol. The summed E-state index contributed by atoms with van der Waals surface area (Å²) in [5.41, 5.74) is 3.04. The van der Waals surface area contributed by atoms with Crippen LogP contribution >= 0.6 is 11.6 Å². The van der Waals surface area contributed by atoms with Crippen molar-refractivity contribution in [3.63, 3.8) is 0 Å². The number of sulfonamides is 1. The van der Waals surface area contributed by atoms with Gasteiger partial charge < -0.3 is 9.72 Å². The number of imidazole rings is 1. The second-order valence-electron chi connectivity index (χ2n) is 7.17. The molecule has 0 aliphatic rings. The normalized spacial score (nSPS) is 11.5. The zero-order valence-electron chi connectivity index (χ0n) is 17.2. The molecule has 4 aromatic rings. The summed E-state index contributed by atoms with van der Waals surface area (Å²) >= 11 is 5.96. The number of aryl methyl sites for hydroxylation is 2. The number of rotatable bonds is 6. The summed E-state index contributed by atoms with van der Waals surface area (Å²) in [4.78, 5) is 25.0. The van der Waals surface area contributed by atoms with E-state index in [0.717, 1.165) is 0 Å². The Morgan fingerprint density at radius 2 is 1.69 bits per heavy atom. The fourth-order valence-electron chi connectivity index (χ4n) is 3.14. The van der Waals surface area contributed by atoms with E-state index in [2.05, 4.69) is 25.0 Å². The Morgan fingerprint density at radius 1 is 1.00 bits per heavy atom. The van der Waals surface area contributed by atoms with Crippen LogP contribution in [0.15, 0.2) is 59.8 Å². The molecule has 32 heavy (non-hydrogen) atoms. The van der Waals surface area contributed by atoms with Crippen LogP contribution in [0, 0.1) is 13.8 Å². The Balaban J connectivity index is 1.42. The highest BCUT2D eigenvalue weighted by Gasteiger charge is 2.16. The van der Waals surface area contributed by atoms with Gasteiger partial charge in [-0.3, -0.25) is 4.79 Å². The molecule has 0 bridgehead atoms. The summed E-state index contributed by atoms with van der Waals surface area (Å²) < 4.78 is 29.3. The van der Waals surface area contributed by atoms with Crippen molar-refractivity contribution in [2.45, 2.75) is 25.2 Å². The molecule has 9 nitrogen and oxygen atoms in total. The number of hydrogen-bond acceptors (Lipinski definition) is 6. The molecular weight excluding hydrogens is 452 g/mol. The van der Waals surface area contributed by atoms with Crippen molar-refractivity contribution in [2.75, 3.05) is 10.0 Å². The highest BCUT2D eigenvalue weighted by molar-refractivity contribution is 7.92. The maximum absolute atomic E-state index is 12.6. The highest BCUT2D eigenvalue weighted by Crippen LogP contribution is 2.18. The van der Waals surface area contributed by atoms with E-state index < -0.39 is 10.0 Å². The Hall–Kier alpha value is -3.50. The molecular formula is C21H19ClN6O3S. The molecule has 0 unspecified atom stereocenters. The minimum absolute atomic E-state index is 0.00798. The Labute approximate surface area is 189 Å². The fourth-order valence-corrected chi connectivity index (χ4v) is 4.25. The van der Waals surface area contributed by atoms with Gasteiger partial charge in [-0.1, -0.05) is 11.6 Å². The number of benzene rings is 1. The van der Waals surface area contributed by atoms with Crippen LogP contribution in [0.25, 0.3) is 5.65 Å². The number of nitrogens with one attached hydrogen (secondary N) is 2. The van der Waals surface area contributed by atoms with Crippen molar-refractivity contribution in [3.8, 4) is 0 Å². The van der Waals surface area contributed by atoms with Crippen LogP contribution in [-0.2, 0) is 21.2 Å². The first kappa shape index (κ1) is 21.7. The van der Waals surface area contributed by atoms with Crippen LogP contribution < -0.4 is 10.0 Å². The van der Waals surface area contributed by atoms with Crippen molar-refractivity contribution in [3.05, 3.63) is 77.0 Å². The first-order valence-corrected chi connectivity index (χ1v) is 11.4. The molecule has 0 fully saturated rings. The average Bonchev–Trinajstić information content (AvgIpc) is 3.08. The van der Waals surface area contributed by atoms with Gasteiger partial charge in [-0.25, -0.2) is 28.1 Å². The van der Waals surface area contributed by atoms with Gasteiger partial charge in [0, 0.05) is 29.5 Å². The predicted octanol–water partition coefficient (Wildman–Crippen LogP) is 3.38. The van der Waals surface area contributed by atoms with Crippen LogP contribution in [0.1, 0.15) is 17.1 Å². The van der Waals surface area contributed by atoms with E-state index in [-0.39, 0.29) is 23.2 Å². The van der Waals surface area contributed by atoms with Gasteiger partial charge >= 0.3 is 0 Å². The van der Waals surface area contributed by atoms with E-state index >= 15 is 0 Å². The minimum atomic E-state index is -3.87. The zero-order chi connectivity index (χ0) is 22.9. The van der Waals surface area contributed by atoms with Gasteiger partial charge in [0.25, 0.3) is 10.0 Å². The van der Waals surface area contributed by atoms with Gasteiger partial charge in [-0.05, 0) is 56.3 Å². The van der Waals surface area contributed by atoms with Crippen LogP contribution in [0.5, 0.6) is 0 Å². The predicted molar refractivity (Wildman–Crippen MR) is 121 cm³/mol. The number of amides is 1. The summed E-state index contributed by atoms with van der Waals surface area (Å²) in [6.45, 7) is 3.51. The second kappa shape index (κ2) is 8.56. The lowest BCUT2D eigenvalue weighted by Gasteiger charge is -2.09. The maximum Gasteiger partial charge on any atom is 0.264 e. The molecule has 0 saturated carbocycles. The first-order chi connectivity index (χ1) is 15.2. The van der Waals surface area contributed by atoms with Crippen LogP contribution in [0.4, 0.5) is 11.6 Å². The molecule has 0 spiro atoms. The van der Waals surface area contributed by atoms with E-state index in [1.165, 1.54) is 24.3 Å². The van der Waals surface area contributed by atoms with Gasteiger partial charge in [-0.15, -0.1) is 0 Å². The number of pyridine rings is 1. The summed E-state index contributed by atoms with van der Waals surface area (Å²) in [5.74, 6) is -0.273. The molecule has 0 radical (unpaired) electrons. The van der Waals surface area contributed by atoms with E-state index in [9.17, 15) is 13.2 Å². The molecule has 0 atom stereocenters. The topological polar surface area (TPSA) is 118 Å². The van der Waals surface area contributed by atoms with Crippen molar-refractivity contribution < 1.29 is 13.2 Å². The van der Waals surface area contributed by atoms with Crippen molar-refractivity contribution in [1.82, 2.24) is 19.4 Å². The number of carbonyl (C=O) groups excluding carboxylic acids is 1. The van der Waals surface area contributed by atoms with Crippen LogP contribution in [-0.4, -0.2) is 33.7 Å². The second-order valence-corrected chi connectivity index (χ2v) is 9.29. The largest absolute Gasteiger partial charge is 0.326 e. The lowest BCUT2D eigenvalue weighted by Crippen LogP contribution is -2.16. The molecule has 164 valence electrons. The van der Waals surface area contributed by atoms with Gasteiger partial charge in [-0.2, -0.15) is 0 Å². The van der Waals surface area contributed by atoms with E-state index in [1.807, 2.05) is 0 Å². The number of aromatic nitrogens is 4. The van der Waals surface area contributed by atoms with Crippen LogP contribution in [0.2, 0.25) is 5.02 Å². The molecule has 11 heteroatoms. The van der Waals surface area contributed by atoms with Gasteiger partial charge in [0.05, 0.1) is 22.0 Å². The number of nitrogens with zero attached hydrogens (tertiary/aromatic N) is 4. The highest BCUT2D eigenvalue weighted by atomic mass is 35.5. The van der Waals surface area contributed by atoms with Gasteiger partial charge in [0.1, 0.15) is 5.65 Å². The molecule has 3 heterocycles. The molecule has 0 aliphatic heterocycles. The lowest BCUT2D eigenvalue weighted by atomic mass is 10.3. The Bertz CT molecular complexity index is 1400. The Morgan fingerprint density at radius 3 is 2.38 bits per heavy atom. The molecule has 0 aliphatic carbocycles. The van der Waals surface area contributed by atoms with Crippen molar-refractivity contribution >= 4 is 44.8 Å². The molecule has 4 rings (SSSR count). The van der Waals surface area contributed by atoms with Crippen molar-refractivity contribution in [2.24, 2.45) is 0 Å². The standard InChI is InChI=1S/C21H19ClN6O3S/c1-13-9-14(2)24-21(23-13)27-32(30,31)18-6-4-16(5-7-18)26-20(29)10-17-12-28-11-15(22)3-8-19(28)25-17/h3-9,11-12H,10H2,1-2H3,(H,26,29)(H,23,24,27). The smallest absolute Gasteiger partial charge is 0.264 e. The third-order valence-electron chi connectivity index (χ3n) is 4.46. The van der Waals surface area contributed by atoms with E-state index in [1.54, 1.807) is 48.8 Å². The number of carbonyl (C=O) groups is 1. The summed E-state index contributed by atoms with van der Waals surface area (Å²) in [7, 11) is -3.87. The SMILES string of the molecule is Cc1cc(C)nc(NS(=O)(=O)c2ccc(NC(=O)Cc3cn4cc(Cl)ccc4n3)cc2)n1. The van der Waals surface area contributed by atoms with Gasteiger partial charge in [0.15, 0.2) is 0 Å². The van der Waals surface area contributed by atoms with E-state index in [0.29, 0.717) is 33.4 Å². The molecule has 2 N–H and O–H groups in total. The number of halogens is 1. The molecule has 1 amide bonds. The molecule has 3 aromatic heterocycles. The lowest BCUT2D eigenvalue weighted by molar-refractivity contribution is -0.115. The number of anilines is 2. The average molecular weight is 471 g/mol. The maximum atomic E-state index is 12.6. The summed E-state index contributed by atoms with van der Waals surface area (Å²) in [6.07, 6.45) is 3.50. The van der Waals surface area contributed by atoms with Crippen molar-refractivity contribution in [1.29, 1.82) is 0 Å². The number of hydrogen-bond donors (Lipinski definition) is 2. The molecule has 1 aromatic carbocycles.